The van der Waals surface area contributed by atoms with Gasteiger partial charge in [0.05, 0.1) is 0 Å². The monoisotopic (exact) mass is 291 g/mol. The Morgan fingerprint density at radius 3 is 2.47 bits per heavy atom. The van der Waals surface area contributed by atoms with Gasteiger partial charge in [-0.2, -0.15) is 0 Å². The molecule has 5 heteroatoms. The zero-order chi connectivity index (χ0) is 12.5. The zero-order valence-electron chi connectivity index (χ0n) is 9.00. The molecule has 2 atom stereocenters. The van der Waals surface area contributed by atoms with E-state index in [4.69, 9.17) is 34.8 Å². The summed E-state index contributed by atoms with van der Waals surface area (Å²) in [4.78, 5) is 11.6. The van der Waals surface area contributed by atoms with Gasteiger partial charge in [-0.05, 0) is 12.0 Å². The van der Waals surface area contributed by atoms with Gasteiger partial charge in [0.2, 0.25) is 4.33 Å². The van der Waals surface area contributed by atoms with Crippen molar-refractivity contribution in [3.05, 3.63) is 35.9 Å². The van der Waals surface area contributed by atoms with Crippen molar-refractivity contribution in [2.75, 3.05) is 5.88 Å². The zero-order valence-corrected chi connectivity index (χ0v) is 11.3. The lowest BCUT2D eigenvalue weighted by Gasteiger charge is -2.21. The largest absolute Gasteiger partial charge is 0.350 e. The molecule has 1 heterocycles. The summed E-state index contributed by atoms with van der Waals surface area (Å²) in [5.74, 6) is -0.379. The standard InChI is InChI=1S/C12H12Cl3NO/c13-7-9-10(16-11(17)12(9,14)15)6-8-4-2-1-3-5-8/h1-5,9-10H,6-7H2,(H,16,17)/t9-,10-/m1/s1. The molecule has 0 bridgehead atoms. The number of hydrogen-bond donors (Lipinski definition) is 1. The lowest BCUT2D eigenvalue weighted by molar-refractivity contribution is -0.120. The summed E-state index contributed by atoms with van der Waals surface area (Å²) in [6, 6.07) is 9.74. The molecule has 1 aliphatic heterocycles. The molecule has 1 saturated heterocycles. The Bertz CT molecular complexity index is 407. The van der Waals surface area contributed by atoms with E-state index in [1.54, 1.807) is 0 Å². The second-order valence-corrected chi connectivity index (χ2v) is 5.85. The molecule has 1 fully saturated rings. The topological polar surface area (TPSA) is 29.1 Å². The highest BCUT2D eigenvalue weighted by Crippen LogP contribution is 2.39. The Labute approximate surface area is 115 Å². The third-order valence-electron chi connectivity index (χ3n) is 3.04. The van der Waals surface area contributed by atoms with E-state index in [1.165, 1.54) is 0 Å². The van der Waals surface area contributed by atoms with Crippen LogP contribution in [-0.4, -0.2) is 22.2 Å². The molecule has 92 valence electrons. The lowest BCUT2D eigenvalue weighted by Crippen LogP contribution is -2.33. The lowest BCUT2D eigenvalue weighted by atomic mass is 9.95. The Balaban J connectivity index is 2.15. The quantitative estimate of drug-likeness (QED) is 0.853. The van der Waals surface area contributed by atoms with Gasteiger partial charge in [-0.1, -0.05) is 53.5 Å². The molecular formula is C12H12Cl3NO. The van der Waals surface area contributed by atoms with Crippen LogP contribution in [0, 0.1) is 5.92 Å². The molecule has 2 rings (SSSR count). The molecule has 1 aromatic rings. The first-order valence-electron chi connectivity index (χ1n) is 5.34. The maximum absolute atomic E-state index is 11.6. The number of rotatable bonds is 3. The van der Waals surface area contributed by atoms with E-state index >= 15 is 0 Å². The molecule has 2 nitrogen and oxygen atoms in total. The van der Waals surface area contributed by atoms with Gasteiger partial charge in [-0.15, -0.1) is 11.6 Å². The van der Waals surface area contributed by atoms with Crippen LogP contribution in [0.5, 0.6) is 0 Å². The molecular weight excluding hydrogens is 280 g/mol. The van der Waals surface area contributed by atoms with Crippen LogP contribution in [0.4, 0.5) is 0 Å². The molecule has 1 N–H and O–H groups in total. The van der Waals surface area contributed by atoms with Crippen LogP contribution in [0.3, 0.4) is 0 Å². The van der Waals surface area contributed by atoms with Crippen molar-refractivity contribution in [1.82, 2.24) is 5.32 Å². The van der Waals surface area contributed by atoms with Gasteiger partial charge >= 0.3 is 0 Å². The summed E-state index contributed by atoms with van der Waals surface area (Å²) in [6.07, 6.45) is 0.686. The third-order valence-corrected chi connectivity index (χ3v) is 4.27. The molecule has 0 radical (unpaired) electrons. The summed E-state index contributed by atoms with van der Waals surface area (Å²) in [5.41, 5.74) is 1.12. The van der Waals surface area contributed by atoms with Crippen molar-refractivity contribution in [3.8, 4) is 0 Å². The number of nitrogens with one attached hydrogen (secondary N) is 1. The van der Waals surface area contributed by atoms with Gasteiger partial charge in [0.25, 0.3) is 5.91 Å². The number of hydrogen-bond acceptors (Lipinski definition) is 1. The number of benzene rings is 1. The van der Waals surface area contributed by atoms with Gasteiger partial charge in [-0.25, -0.2) is 0 Å². The van der Waals surface area contributed by atoms with Crippen molar-refractivity contribution < 1.29 is 4.79 Å². The van der Waals surface area contributed by atoms with Gasteiger partial charge in [0.15, 0.2) is 0 Å². The average Bonchev–Trinajstić information content (AvgIpc) is 2.50. The Hall–Kier alpha value is -0.440. The van der Waals surface area contributed by atoms with Crippen molar-refractivity contribution >= 4 is 40.7 Å². The number of amides is 1. The Morgan fingerprint density at radius 1 is 1.24 bits per heavy atom. The van der Waals surface area contributed by atoms with Gasteiger partial charge < -0.3 is 5.32 Å². The summed E-state index contributed by atoms with van der Waals surface area (Å²) >= 11 is 17.9. The predicted octanol–water partition coefficient (Wildman–Crippen LogP) is 2.76. The molecule has 1 aliphatic rings. The summed E-state index contributed by atoms with van der Waals surface area (Å²) in [7, 11) is 0. The first-order chi connectivity index (χ1) is 8.05. The van der Waals surface area contributed by atoms with E-state index in [2.05, 4.69) is 5.32 Å². The van der Waals surface area contributed by atoms with Crippen LogP contribution < -0.4 is 5.32 Å². The van der Waals surface area contributed by atoms with Crippen LogP contribution >= 0.6 is 34.8 Å². The molecule has 0 spiro atoms. The van der Waals surface area contributed by atoms with E-state index in [-0.39, 0.29) is 23.7 Å². The van der Waals surface area contributed by atoms with E-state index in [0.29, 0.717) is 6.42 Å². The molecule has 0 saturated carbocycles. The van der Waals surface area contributed by atoms with Crippen molar-refractivity contribution in [3.63, 3.8) is 0 Å². The highest BCUT2D eigenvalue weighted by molar-refractivity contribution is 6.59. The first kappa shape index (κ1) is 13.0. The smallest absolute Gasteiger partial charge is 0.257 e. The minimum absolute atomic E-state index is 0.114. The highest BCUT2D eigenvalue weighted by atomic mass is 35.5. The maximum atomic E-state index is 11.6. The number of alkyl halides is 3. The van der Waals surface area contributed by atoms with Gasteiger partial charge in [-0.3, -0.25) is 4.79 Å². The predicted molar refractivity (Wildman–Crippen MR) is 70.7 cm³/mol. The van der Waals surface area contributed by atoms with Crippen molar-refractivity contribution in [2.24, 2.45) is 5.92 Å². The SMILES string of the molecule is O=C1N[C@H](Cc2ccccc2)[C@@H](CCl)C1(Cl)Cl. The van der Waals surface area contributed by atoms with E-state index < -0.39 is 4.33 Å². The second-order valence-electron chi connectivity index (χ2n) is 4.15. The van der Waals surface area contributed by atoms with E-state index in [9.17, 15) is 4.79 Å². The summed E-state index contributed by atoms with van der Waals surface area (Å²) in [6.45, 7) is 0. The highest BCUT2D eigenvalue weighted by Gasteiger charge is 2.52. The second kappa shape index (κ2) is 5.05. The van der Waals surface area contributed by atoms with Crippen LogP contribution in [-0.2, 0) is 11.2 Å². The minimum Gasteiger partial charge on any atom is -0.350 e. The average molecular weight is 293 g/mol. The van der Waals surface area contributed by atoms with Crippen LogP contribution in [0.1, 0.15) is 5.56 Å². The van der Waals surface area contributed by atoms with E-state index in [0.717, 1.165) is 5.56 Å². The fourth-order valence-corrected chi connectivity index (χ4v) is 3.22. The molecule has 1 aromatic carbocycles. The van der Waals surface area contributed by atoms with Gasteiger partial charge in [0.1, 0.15) is 0 Å². The summed E-state index contributed by atoms with van der Waals surface area (Å²) < 4.78 is -1.42. The fraction of sp³-hybridized carbons (Fsp3) is 0.417. The van der Waals surface area contributed by atoms with Crippen LogP contribution in [0.2, 0.25) is 0 Å². The first-order valence-corrected chi connectivity index (χ1v) is 6.63. The molecule has 0 unspecified atom stereocenters. The Morgan fingerprint density at radius 2 is 1.88 bits per heavy atom. The normalized spacial score (nSPS) is 26.9. The maximum Gasteiger partial charge on any atom is 0.257 e. The van der Waals surface area contributed by atoms with E-state index in [1.807, 2.05) is 30.3 Å². The molecule has 0 aromatic heterocycles. The summed E-state index contributed by atoms with van der Waals surface area (Å²) in [5, 5.41) is 2.81. The number of halogens is 3. The fourth-order valence-electron chi connectivity index (χ4n) is 2.05. The minimum atomic E-state index is -1.42. The van der Waals surface area contributed by atoms with Crippen molar-refractivity contribution in [1.29, 1.82) is 0 Å². The molecule has 0 aliphatic carbocycles. The van der Waals surface area contributed by atoms with Crippen LogP contribution in [0.25, 0.3) is 0 Å². The van der Waals surface area contributed by atoms with Crippen LogP contribution in [0.15, 0.2) is 30.3 Å². The molecule has 1 amide bonds. The third kappa shape index (κ3) is 2.54. The van der Waals surface area contributed by atoms with Gasteiger partial charge in [0, 0.05) is 17.8 Å². The number of carbonyl (C=O) groups is 1. The van der Waals surface area contributed by atoms with Crippen molar-refractivity contribution in [2.45, 2.75) is 16.8 Å². The molecule has 17 heavy (non-hydrogen) atoms. The Kier molecular flexibility index (Phi) is 3.86. The number of carbonyl (C=O) groups excluding carboxylic acids is 1.